The number of aryl methyl sites for hydroxylation is 2. The molecule has 2 aromatic rings. The fourth-order valence-electron chi connectivity index (χ4n) is 4.67. The highest BCUT2D eigenvalue weighted by atomic mass is 32.1. The van der Waals surface area contributed by atoms with Crippen LogP contribution in [0.4, 0.5) is 4.79 Å². The van der Waals surface area contributed by atoms with Crippen molar-refractivity contribution in [1.29, 1.82) is 0 Å². The summed E-state index contributed by atoms with van der Waals surface area (Å²) < 4.78 is 0. The molecule has 2 atom stereocenters. The third-order valence-electron chi connectivity index (χ3n) is 6.28. The average Bonchev–Trinajstić information content (AvgIpc) is 3.42. The van der Waals surface area contributed by atoms with Crippen molar-refractivity contribution in [3.8, 4) is 0 Å². The number of likely N-dealkylation sites (tertiary alicyclic amines) is 1. The number of urea groups is 1. The van der Waals surface area contributed by atoms with Gasteiger partial charge in [-0.05, 0) is 44.1 Å². The first kappa shape index (κ1) is 19.2. The fourth-order valence-corrected chi connectivity index (χ4v) is 5.94. The molecule has 2 fully saturated rings. The second-order valence-corrected chi connectivity index (χ2v) is 9.31. The number of carbonyl (C=O) groups is 3. The van der Waals surface area contributed by atoms with E-state index < -0.39 is 12.1 Å². The molecule has 3 N–H and O–H groups in total. The summed E-state index contributed by atoms with van der Waals surface area (Å²) in [5.41, 5.74) is 1.11. The Balaban J connectivity index is 1.27. The van der Waals surface area contributed by atoms with Crippen LogP contribution in [0.5, 0.6) is 0 Å². The predicted molar refractivity (Wildman–Crippen MR) is 111 cm³/mol. The molecule has 0 radical (unpaired) electrons. The van der Waals surface area contributed by atoms with Gasteiger partial charge in [-0.2, -0.15) is 0 Å². The van der Waals surface area contributed by atoms with Crippen LogP contribution in [0.15, 0.2) is 4.79 Å². The highest BCUT2D eigenvalue weighted by Gasteiger charge is 2.33. The third-order valence-corrected chi connectivity index (χ3v) is 7.46. The smallest absolute Gasteiger partial charge is 0.322 e. The second kappa shape index (κ2) is 7.50. The van der Waals surface area contributed by atoms with E-state index in [1.54, 1.807) is 16.2 Å². The van der Waals surface area contributed by atoms with Crippen molar-refractivity contribution in [2.75, 3.05) is 13.1 Å². The lowest BCUT2D eigenvalue weighted by atomic mass is 9.97. The number of hydrogen-bond acceptors (Lipinski definition) is 6. The standard InChI is InChI=1S/C20H23N5O4S/c26-14(6-5-12-17(27)24-20(29)21-12)25-8-7-10(9-25)16-22-18(28)15-11-3-1-2-4-13(11)30-19(15)23-16/h10,12H,1-9H2,(H,22,23,28)(H2,21,24,27,29). The van der Waals surface area contributed by atoms with E-state index in [0.717, 1.165) is 42.3 Å². The van der Waals surface area contributed by atoms with E-state index in [2.05, 4.69) is 15.6 Å². The van der Waals surface area contributed by atoms with Crippen molar-refractivity contribution in [2.45, 2.75) is 56.9 Å². The largest absolute Gasteiger partial charge is 0.342 e. The van der Waals surface area contributed by atoms with Crippen molar-refractivity contribution in [3.63, 3.8) is 0 Å². The van der Waals surface area contributed by atoms with E-state index in [1.165, 1.54) is 10.4 Å². The lowest BCUT2D eigenvalue weighted by Crippen LogP contribution is -2.33. The summed E-state index contributed by atoms with van der Waals surface area (Å²) in [6, 6.07) is -1.16. The second-order valence-electron chi connectivity index (χ2n) is 8.22. The van der Waals surface area contributed by atoms with Crippen LogP contribution in [0.2, 0.25) is 0 Å². The van der Waals surface area contributed by atoms with Crippen LogP contribution in [0, 0.1) is 0 Å². The number of H-pyrrole nitrogens is 1. The minimum Gasteiger partial charge on any atom is -0.342 e. The SMILES string of the molecule is O=C1NC(=O)C(CCC(=O)N2CCC(c3nc4sc5c(c4c(=O)[nH]3)CCCC5)C2)N1. The Kier molecular flexibility index (Phi) is 4.80. The molecule has 30 heavy (non-hydrogen) atoms. The van der Waals surface area contributed by atoms with Crippen molar-refractivity contribution >= 4 is 39.4 Å². The Hall–Kier alpha value is -2.75. The highest BCUT2D eigenvalue weighted by molar-refractivity contribution is 7.18. The van der Waals surface area contributed by atoms with Gasteiger partial charge in [0, 0.05) is 30.3 Å². The maximum atomic E-state index is 12.8. The van der Waals surface area contributed by atoms with Crippen LogP contribution >= 0.6 is 11.3 Å². The number of nitrogens with one attached hydrogen (secondary N) is 3. The fraction of sp³-hybridized carbons (Fsp3) is 0.550. The van der Waals surface area contributed by atoms with E-state index in [0.29, 0.717) is 18.9 Å². The van der Waals surface area contributed by atoms with Gasteiger partial charge < -0.3 is 15.2 Å². The molecule has 2 unspecified atom stereocenters. The van der Waals surface area contributed by atoms with Crippen LogP contribution in [0.25, 0.3) is 10.2 Å². The first-order chi connectivity index (χ1) is 14.5. The first-order valence-corrected chi connectivity index (χ1v) is 11.2. The van der Waals surface area contributed by atoms with Gasteiger partial charge in [-0.1, -0.05) is 0 Å². The van der Waals surface area contributed by atoms with Crippen molar-refractivity contribution < 1.29 is 14.4 Å². The summed E-state index contributed by atoms with van der Waals surface area (Å²) >= 11 is 1.63. The van der Waals surface area contributed by atoms with Crippen molar-refractivity contribution in [2.24, 2.45) is 0 Å². The number of nitrogens with zero attached hydrogens (tertiary/aromatic N) is 2. The predicted octanol–water partition coefficient (Wildman–Crippen LogP) is 1.17. The lowest BCUT2D eigenvalue weighted by molar-refractivity contribution is -0.130. The first-order valence-electron chi connectivity index (χ1n) is 10.4. The number of hydrogen-bond donors (Lipinski definition) is 3. The number of aromatic amines is 1. The van der Waals surface area contributed by atoms with Gasteiger partial charge in [-0.25, -0.2) is 9.78 Å². The zero-order valence-corrected chi connectivity index (χ0v) is 17.3. The molecule has 10 heteroatoms. The van der Waals surface area contributed by atoms with Gasteiger partial charge in [-0.15, -0.1) is 11.3 Å². The molecule has 9 nitrogen and oxygen atoms in total. The Labute approximate surface area is 176 Å². The molecule has 2 saturated heterocycles. The summed E-state index contributed by atoms with van der Waals surface area (Å²) in [5, 5.41) is 5.43. The number of imide groups is 1. The Morgan fingerprint density at radius 1 is 1.20 bits per heavy atom. The topological polar surface area (TPSA) is 124 Å². The summed E-state index contributed by atoms with van der Waals surface area (Å²) in [6.45, 7) is 1.09. The molecule has 0 saturated carbocycles. The molecule has 4 amide bonds. The van der Waals surface area contributed by atoms with Crippen molar-refractivity contribution in [3.05, 3.63) is 26.6 Å². The Morgan fingerprint density at radius 3 is 2.83 bits per heavy atom. The molecule has 5 rings (SSSR count). The normalized spacial score (nSPS) is 23.5. The number of carbonyl (C=O) groups excluding carboxylic acids is 3. The molecular weight excluding hydrogens is 406 g/mol. The third kappa shape index (κ3) is 3.38. The van der Waals surface area contributed by atoms with Gasteiger partial charge in [-0.3, -0.25) is 19.7 Å². The zero-order valence-electron chi connectivity index (χ0n) is 16.5. The summed E-state index contributed by atoms with van der Waals surface area (Å²) in [5.74, 6) is 0.214. The van der Waals surface area contributed by atoms with Gasteiger partial charge >= 0.3 is 6.03 Å². The van der Waals surface area contributed by atoms with E-state index >= 15 is 0 Å². The van der Waals surface area contributed by atoms with Gasteiger partial charge in [0.15, 0.2) is 0 Å². The molecule has 2 aliphatic heterocycles. The zero-order chi connectivity index (χ0) is 20.8. The number of rotatable bonds is 4. The van der Waals surface area contributed by atoms with Crippen LogP contribution < -0.4 is 16.2 Å². The number of amides is 4. The average molecular weight is 430 g/mol. The molecule has 4 heterocycles. The van der Waals surface area contributed by atoms with Crippen LogP contribution in [0.3, 0.4) is 0 Å². The number of thiophene rings is 1. The van der Waals surface area contributed by atoms with E-state index in [4.69, 9.17) is 4.98 Å². The minimum absolute atomic E-state index is 0.000315. The summed E-state index contributed by atoms with van der Waals surface area (Å²) in [4.78, 5) is 59.7. The molecule has 158 valence electrons. The molecule has 1 aliphatic carbocycles. The summed E-state index contributed by atoms with van der Waals surface area (Å²) in [6.07, 6.45) is 5.46. The molecule has 0 aromatic carbocycles. The molecular formula is C20H23N5O4S. The Morgan fingerprint density at radius 2 is 2.03 bits per heavy atom. The van der Waals surface area contributed by atoms with Crippen molar-refractivity contribution in [1.82, 2.24) is 25.5 Å². The van der Waals surface area contributed by atoms with Gasteiger partial charge in [0.1, 0.15) is 16.7 Å². The van der Waals surface area contributed by atoms with Gasteiger partial charge in [0.05, 0.1) is 5.39 Å². The number of aromatic nitrogens is 2. The molecule has 0 spiro atoms. The quantitative estimate of drug-likeness (QED) is 0.630. The van der Waals surface area contributed by atoms with Crippen LogP contribution in [0.1, 0.15) is 54.3 Å². The molecule has 3 aliphatic rings. The maximum absolute atomic E-state index is 12.8. The maximum Gasteiger partial charge on any atom is 0.322 e. The van der Waals surface area contributed by atoms with Gasteiger partial charge in [0.25, 0.3) is 11.5 Å². The van der Waals surface area contributed by atoms with E-state index in [9.17, 15) is 19.2 Å². The number of fused-ring (bicyclic) bond motifs is 3. The minimum atomic E-state index is -0.648. The Bertz CT molecular complexity index is 1110. The molecule has 2 aromatic heterocycles. The summed E-state index contributed by atoms with van der Waals surface area (Å²) in [7, 11) is 0. The highest BCUT2D eigenvalue weighted by Crippen LogP contribution is 2.34. The van der Waals surface area contributed by atoms with Gasteiger partial charge in [0.2, 0.25) is 5.91 Å². The van der Waals surface area contributed by atoms with E-state index in [-0.39, 0.29) is 36.1 Å². The lowest BCUT2D eigenvalue weighted by Gasteiger charge is -2.17. The van der Waals surface area contributed by atoms with Crippen LogP contribution in [-0.2, 0) is 22.4 Å². The molecule has 0 bridgehead atoms. The monoisotopic (exact) mass is 429 g/mol. The van der Waals surface area contributed by atoms with Crippen LogP contribution in [-0.4, -0.2) is 51.8 Å². The van der Waals surface area contributed by atoms with E-state index in [1.807, 2.05) is 0 Å².